The molecule has 0 aliphatic heterocycles. The second-order valence-electron chi connectivity index (χ2n) is 4.09. The molecule has 1 rings (SSSR count). The first-order chi connectivity index (χ1) is 8.34. The van der Waals surface area contributed by atoms with E-state index in [0.29, 0.717) is 0 Å². The van der Waals surface area contributed by atoms with Crippen LogP contribution in [0.5, 0.6) is 0 Å². The maximum Gasteiger partial charge on any atom is 0.259 e. The van der Waals surface area contributed by atoms with Crippen LogP contribution in [-0.2, 0) is 0 Å². The fraction of sp³-hybridized carbons (Fsp3) is 0.333. The molecule has 1 atom stereocenters. The first-order valence-corrected chi connectivity index (χ1v) is 5.74. The van der Waals surface area contributed by atoms with Gasteiger partial charge in [-0.3, -0.25) is 4.79 Å². The van der Waals surface area contributed by atoms with E-state index in [1.165, 1.54) is 18.0 Å². The lowest BCUT2D eigenvalue weighted by Gasteiger charge is -2.21. The van der Waals surface area contributed by atoms with Crippen molar-refractivity contribution in [2.75, 3.05) is 13.6 Å². The van der Waals surface area contributed by atoms with Crippen molar-refractivity contribution in [3.8, 4) is 0 Å². The van der Waals surface area contributed by atoms with E-state index < -0.39 is 23.1 Å². The highest BCUT2D eigenvalue weighted by molar-refractivity contribution is 7.80. The summed E-state index contributed by atoms with van der Waals surface area (Å²) in [7, 11) is 1.45. The Labute approximate surface area is 110 Å². The fourth-order valence-electron chi connectivity index (χ4n) is 1.48. The van der Waals surface area contributed by atoms with E-state index in [-0.39, 0.29) is 17.5 Å². The number of thiocarbonyl (C=S) groups is 1. The van der Waals surface area contributed by atoms with Crippen molar-refractivity contribution >= 4 is 23.1 Å². The summed E-state index contributed by atoms with van der Waals surface area (Å²) >= 11 is 4.78. The minimum atomic E-state index is -0.880. The van der Waals surface area contributed by atoms with E-state index in [1.807, 2.05) is 0 Å². The molecular weight excluding hydrogens is 258 g/mol. The molecule has 0 fully saturated rings. The van der Waals surface area contributed by atoms with E-state index in [0.717, 1.165) is 12.1 Å². The number of carbonyl (C=O) groups excluding carboxylic acids is 1. The highest BCUT2D eigenvalue weighted by Crippen LogP contribution is 2.14. The number of nitrogens with two attached hydrogens (primary N) is 1. The normalized spacial score (nSPS) is 12.0. The molecule has 0 aliphatic carbocycles. The molecule has 0 saturated carbocycles. The van der Waals surface area contributed by atoms with Crippen LogP contribution >= 0.6 is 12.2 Å². The van der Waals surface area contributed by atoms with Gasteiger partial charge in [0.1, 0.15) is 17.2 Å². The summed E-state index contributed by atoms with van der Waals surface area (Å²) in [6, 6.07) is 3.29. The number of hydrogen-bond acceptors (Lipinski definition) is 2. The molecule has 18 heavy (non-hydrogen) atoms. The van der Waals surface area contributed by atoms with E-state index in [2.05, 4.69) is 0 Å². The van der Waals surface area contributed by atoms with Gasteiger partial charge in [-0.25, -0.2) is 8.78 Å². The van der Waals surface area contributed by atoms with Crippen molar-refractivity contribution in [2.45, 2.75) is 6.92 Å². The van der Waals surface area contributed by atoms with Crippen LogP contribution in [0.3, 0.4) is 0 Å². The molecule has 6 heteroatoms. The second-order valence-corrected chi connectivity index (χ2v) is 4.56. The maximum atomic E-state index is 13.4. The van der Waals surface area contributed by atoms with Crippen LogP contribution in [0.2, 0.25) is 0 Å². The highest BCUT2D eigenvalue weighted by Gasteiger charge is 2.22. The SMILES string of the molecule is CC(CN(C)C(=O)c1c(F)cccc1F)C(N)=S. The van der Waals surface area contributed by atoms with Crippen molar-refractivity contribution in [3.05, 3.63) is 35.4 Å². The number of amides is 1. The lowest BCUT2D eigenvalue weighted by atomic mass is 10.1. The predicted octanol–water partition coefficient (Wildman–Crippen LogP) is 1.96. The predicted molar refractivity (Wildman–Crippen MR) is 69.3 cm³/mol. The fourth-order valence-corrected chi connectivity index (χ4v) is 1.55. The van der Waals surface area contributed by atoms with Gasteiger partial charge in [0.25, 0.3) is 5.91 Å². The standard InChI is InChI=1S/C12H14F2N2OS/c1-7(11(15)18)6-16(2)12(17)10-8(13)4-3-5-9(10)14/h3-5,7H,6H2,1-2H3,(H2,15,18). The molecule has 0 aromatic heterocycles. The van der Waals surface area contributed by atoms with Crippen molar-refractivity contribution in [1.29, 1.82) is 0 Å². The van der Waals surface area contributed by atoms with Gasteiger partial charge >= 0.3 is 0 Å². The Bertz CT molecular complexity index is 459. The molecular formula is C12H14F2N2OS. The van der Waals surface area contributed by atoms with Crippen LogP contribution in [0.25, 0.3) is 0 Å². The average Bonchev–Trinajstić information content (AvgIpc) is 2.28. The zero-order valence-electron chi connectivity index (χ0n) is 10.1. The van der Waals surface area contributed by atoms with Crippen LogP contribution in [0.4, 0.5) is 8.78 Å². The molecule has 0 aliphatic rings. The monoisotopic (exact) mass is 272 g/mol. The smallest absolute Gasteiger partial charge is 0.259 e. The lowest BCUT2D eigenvalue weighted by molar-refractivity contribution is 0.0777. The van der Waals surface area contributed by atoms with Gasteiger partial charge in [-0.2, -0.15) is 0 Å². The largest absolute Gasteiger partial charge is 0.393 e. The summed E-state index contributed by atoms with van der Waals surface area (Å²) in [5, 5.41) is 0. The third-order valence-electron chi connectivity index (χ3n) is 2.56. The van der Waals surface area contributed by atoms with E-state index in [4.69, 9.17) is 18.0 Å². The van der Waals surface area contributed by atoms with Gasteiger partial charge in [0.05, 0.1) is 4.99 Å². The number of nitrogens with zero attached hydrogens (tertiary/aromatic N) is 1. The van der Waals surface area contributed by atoms with Crippen molar-refractivity contribution < 1.29 is 13.6 Å². The molecule has 1 unspecified atom stereocenters. The summed E-state index contributed by atoms with van der Waals surface area (Å²) in [6.07, 6.45) is 0. The molecule has 0 bridgehead atoms. The molecule has 1 amide bonds. The van der Waals surface area contributed by atoms with Crippen LogP contribution in [0, 0.1) is 17.6 Å². The first kappa shape index (κ1) is 14.5. The number of hydrogen-bond donors (Lipinski definition) is 1. The lowest BCUT2D eigenvalue weighted by Crippen LogP contribution is -2.36. The number of carbonyl (C=O) groups is 1. The highest BCUT2D eigenvalue weighted by atomic mass is 32.1. The number of benzene rings is 1. The van der Waals surface area contributed by atoms with Crippen LogP contribution in [-0.4, -0.2) is 29.4 Å². The minimum absolute atomic E-state index is 0.210. The molecule has 0 saturated heterocycles. The summed E-state index contributed by atoms with van der Waals surface area (Å²) in [5.41, 5.74) is 4.87. The number of halogens is 2. The van der Waals surface area contributed by atoms with Gasteiger partial charge in [-0.15, -0.1) is 0 Å². The average molecular weight is 272 g/mol. The zero-order valence-corrected chi connectivity index (χ0v) is 10.9. The molecule has 1 aromatic rings. The summed E-state index contributed by atoms with van der Waals surface area (Å²) in [4.78, 5) is 13.4. The molecule has 0 radical (unpaired) electrons. The Balaban J connectivity index is 2.90. The van der Waals surface area contributed by atoms with Gasteiger partial charge in [-0.1, -0.05) is 25.2 Å². The second kappa shape index (κ2) is 5.86. The van der Waals surface area contributed by atoms with Gasteiger partial charge in [0.15, 0.2) is 0 Å². The quantitative estimate of drug-likeness (QED) is 0.852. The van der Waals surface area contributed by atoms with Crippen LogP contribution in [0.1, 0.15) is 17.3 Å². The van der Waals surface area contributed by atoms with Crippen molar-refractivity contribution in [1.82, 2.24) is 4.90 Å². The Morgan fingerprint density at radius 3 is 2.39 bits per heavy atom. The summed E-state index contributed by atoms with van der Waals surface area (Å²) in [6.45, 7) is 1.95. The Morgan fingerprint density at radius 2 is 1.94 bits per heavy atom. The molecule has 98 valence electrons. The summed E-state index contributed by atoms with van der Waals surface area (Å²) < 4.78 is 26.8. The van der Waals surface area contributed by atoms with Gasteiger partial charge in [0, 0.05) is 19.5 Å². The van der Waals surface area contributed by atoms with Crippen molar-refractivity contribution in [2.24, 2.45) is 11.7 Å². The first-order valence-electron chi connectivity index (χ1n) is 5.33. The molecule has 3 nitrogen and oxygen atoms in total. The van der Waals surface area contributed by atoms with E-state index >= 15 is 0 Å². The Kier molecular flexibility index (Phi) is 4.72. The molecule has 0 heterocycles. The number of rotatable bonds is 4. The Hall–Kier alpha value is -1.56. The molecule has 2 N–H and O–H groups in total. The van der Waals surface area contributed by atoms with Gasteiger partial charge in [-0.05, 0) is 12.1 Å². The third-order valence-corrected chi connectivity index (χ3v) is 2.96. The Morgan fingerprint density at radius 1 is 1.44 bits per heavy atom. The van der Waals surface area contributed by atoms with E-state index in [1.54, 1.807) is 6.92 Å². The van der Waals surface area contributed by atoms with Gasteiger partial charge in [0.2, 0.25) is 0 Å². The van der Waals surface area contributed by atoms with Crippen molar-refractivity contribution in [3.63, 3.8) is 0 Å². The van der Waals surface area contributed by atoms with Crippen LogP contribution in [0.15, 0.2) is 18.2 Å². The maximum absolute atomic E-state index is 13.4. The van der Waals surface area contributed by atoms with Gasteiger partial charge < -0.3 is 10.6 Å². The topological polar surface area (TPSA) is 46.3 Å². The van der Waals surface area contributed by atoms with E-state index in [9.17, 15) is 13.6 Å². The van der Waals surface area contributed by atoms with Crippen LogP contribution < -0.4 is 5.73 Å². The zero-order chi connectivity index (χ0) is 13.9. The summed E-state index contributed by atoms with van der Waals surface area (Å²) in [5.74, 6) is -2.71. The minimum Gasteiger partial charge on any atom is -0.393 e. The third kappa shape index (κ3) is 3.22. The molecule has 0 spiro atoms. The molecule has 1 aromatic carbocycles.